The third-order valence-corrected chi connectivity index (χ3v) is 3.22. The van der Waals surface area contributed by atoms with E-state index in [4.69, 9.17) is 10.5 Å². The molecule has 0 unspecified atom stereocenters. The van der Waals surface area contributed by atoms with Crippen molar-refractivity contribution in [1.29, 1.82) is 0 Å². The largest absolute Gasteiger partial charge is 0.381 e. The summed E-state index contributed by atoms with van der Waals surface area (Å²) in [5.74, 6) is 3.07. The Balaban J connectivity index is 1.86. The summed E-state index contributed by atoms with van der Waals surface area (Å²) in [5.41, 5.74) is 5.74. The van der Waals surface area contributed by atoms with Crippen LogP contribution in [0.3, 0.4) is 0 Å². The number of rotatable bonds is 2. The predicted octanol–water partition coefficient (Wildman–Crippen LogP) is 1.23. The molecule has 1 saturated carbocycles. The molecule has 2 aliphatic rings. The fourth-order valence-electron chi connectivity index (χ4n) is 2.09. The molecule has 0 spiro atoms. The van der Waals surface area contributed by atoms with Gasteiger partial charge in [0.15, 0.2) is 0 Å². The molecule has 2 fully saturated rings. The number of nitrogens with zero attached hydrogens (tertiary/aromatic N) is 3. The van der Waals surface area contributed by atoms with Crippen LogP contribution in [-0.2, 0) is 4.74 Å². The zero-order valence-electron chi connectivity index (χ0n) is 9.22. The molecule has 1 aromatic heterocycles. The minimum absolute atomic E-state index is 0.374. The van der Waals surface area contributed by atoms with E-state index in [0.29, 0.717) is 17.8 Å². The lowest BCUT2D eigenvalue weighted by Gasteiger charge is -2.20. The summed E-state index contributed by atoms with van der Waals surface area (Å²) in [4.78, 5) is 13.0. The van der Waals surface area contributed by atoms with Crippen LogP contribution in [0.25, 0.3) is 0 Å². The first-order valence-corrected chi connectivity index (χ1v) is 5.92. The van der Waals surface area contributed by atoms with E-state index >= 15 is 0 Å². The number of hydrogen-bond donors (Lipinski definition) is 1. The molecular formula is C11H16N4O. The lowest BCUT2D eigenvalue weighted by Crippen LogP contribution is -2.18. The van der Waals surface area contributed by atoms with Crippen molar-refractivity contribution < 1.29 is 4.74 Å². The van der Waals surface area contributed by atoms with Gasteiger partial charge in [0.05, 0.1) is 0 Å². The van der Waals surface area contributed by atoms with Crippen molar-refractivity contribution in [2.75, 3.05) is 18.9 Å². The Hall–Kier alpha value is -1.23. The summed E-state index contributed by atoms with van der Waals surface area (Å²) in [6.07, 6.45) is 4.37. The van der Waals surface area contributed by atoms with Crippen molar-refractivity contribution in [3.8, 4) is 0 Å². The first-order chi connectivity index (χ1) is 7.83. The maximum Gasteiger partial charge on any atom is 0.223 e. The van der Waals surface area contributed by atoms with Crippen LogP contribution in [0, 0.1) is 0 Å². The quantitative estimate of drug-likeness (QED) is 0.811. The highest BCUT2D eigenvalue weighted by molar-refractivity contribution is 5.21. The molecular weight excluding hydrogens is 204 g/mol. The molecule has 1 aliphatic carbocycles. The van der Waals surface area contributed by atoms with Gasteiger partial charge in [-0.05, 0) is 25.7 Å². The SMILES string of the molecule is Nc1nc(C2CCOCC2)nc(C2CC2)n1. The van der Waals surface area contributed by atoms with Crippen LogP contribution in [0.1, 0.15) is 49.2 Å². The standard InChI is InChI=1S/C11H16N4O/c12-11-14-9(7-1-2-7)13-10(15-11)8-3-5-16-6-4-8/h7-8H,1-6H2,(H2,12,13,14,15). The van der Waals surface area contributed by atoms with Gasteiger partial charge in [0.1, 0.15) is 11.6 Å². The minimum atomic E-state index is 0.374. The molecule has 5 nitrogen and oxygen atoms in total. The lowest BCUT2D eigenvalue weighted by atomic mass is 9.99. The van der Waals surface area contributed by atoms with E-state index in [1.54, 1.807) is 0 Å². The van der Waals surface area contributed by atoms with Gasteiger partial charge in [-0.1, -0.05) is 0 Å². The van der Waals surface area contributed by atoms with Crippen molar-refractivity contribution in [1.82, 2.24) is 15.0 Å². The normalized spacial score (nSPS) is 22.2. The molecule has 1 aromatic rings. The van der Waals surface area contributed by atoms with Gasteiger partial charge in [-0.25, -0.2) is 4.98 Å². The van der Waals surface area contributed by atoms with Crippen LogP contribution >= 0.6 is 0 Å². The topological polar surface area (TPSA) is 73.9 Å². The van der Waals surface area contributed by atoms with Crippen molar-refractivity contribution in [2.24, 2.45) is 0 Å². The van der Waals surface area contributed by atoms with E-state index in [-0.39, 0.29) is 0 Å². The molecule has 0 bridgehead atoms. The number of anilines is 1. The fourth-order valence-corrected chi connectivity index (χ4v) is 2.09. The zero-order chi connectivity index (χ0) is 11.0. The molecule has 86 valence electrons. The summed E-state index contributed by atoms with van der Waals surface area (Å²) < 4.78 is 5.34. The number of hydrogen-bond acceptors (Lipinski definition) is 5. The molecule has 5 heteroatoms. The number of nitrogen functional groups attached to an aromatic ring is 1. The Morgan fingerprint density at radius 1 is 0.875 bits per heavy atom. The molecule has 3 rings (SSSR count). The highest BCUT2D eigenvalue weighted by atomic mass is 16.5. The Morgan fingerprint density at radius 2 is 1.44 bits per heavy atom. The average Bonchev–Trinajstić information content (AvgIpc) is 3.13. The highest BCUT2D eigenvalue weighted by Gasteiger charge is 2.29. The van der Waals surface area contributed by atoms with Crippen molar-refractivity contribution in [2.45, 2.75) is 37.5 Å². The summed E-state index contributed by atoms with van der Waals surface area (Å²) in [5, 5.41) is 0. The van der Waals surface area contributed by atoms with Gasteiger partial charge >= 0.3 is 0 Å². The third kappa shape index (κ3) is 2.00. The van der Waals surface area contributed by atoms with Crippen molar-refractivity contribution in [3.05, 3.63) is 11.6 Å². The first-order valence-electron chi connectivity index (χ1n) is 5.92. The van der Waals surface area contributed by atoms with Gasteiger partial charge < -0.3 is 10.5 Å². The molecule has 0 aromatic carbocycles. The maximum absolute atomic E-state index is 5.74. The maximum atomic E-state index is 5.74. The van der Waals surface area contributed by atoms with Gasteiger partial charge in [0.25, 0.3) is 0 Å². The molecule has 2 N–H and O–H groups in total. The van der Waals surface area contributed by atoms with Crippen molar-refractivity contribution in [3.63, 3.8) is 0 Å². The molecule has 16 heavy (non-hydrogen) atoms. The van der Waals surface area contributed by atoms with Gasteiger partial charge in [-0.2, -0.15) is 9.97 Å². The first kappa shape index (κ1) is 9.96. The van der Waals surface area contributed by atoms with Gasteiger partial charge in [0, 0.05) is 25.0 Å². The smallest absolute Gasteiger partial charge is 0.223 e. The monoisotopic (exact) mass is 220 g/mol. The molecule has 0 radical (unpaired) electrons. The number of nitrogens with two attached hydrogens (primary N) is 1. The van der Waals surface area contributed by atoms with Crippen LogP contribution in [0.4, 0.5) is 5.95 Å². The lowest BCUT2D eigenvalue weighted by molar-refractivity contribution is 0.0835. The third-order valence-electron chi connectivity index (χ3n) is 3.22. The van der Waals surface area contributed by atoms with E-state index in [1.165, 1.54) is 12.8 Å². The van der Waals surface area contributed by atoms with Crippen LogP contribution in [0.15, 0.2) is 0 Å². The summed E-state index contributed by atoms with van der Waals surface area (Å²) >= 11 is 0. The Kier molecular flexibility index (Phi) is 2.47. The van der Waals surface area contributed by atoms with E-state index in [2.05, 4.69) is 15.0 Å². The predicted molar refractivity (Wildman–Crippen MR) is 59.0 cm³/mol. The van der Waals surface area contributed by atoms with Crippen LogP contribution in [0.5, 0.6) is 0 Å². The molecule has 1 aliphatic heterocycles. The van der Waals surface area contributed by atoms with Crippen LogP contribution in [0.2, 0.25) is 0 Å². The fraction of sp³-hybridized carbons (Fsp3) is 0.727. The second-order valence-corrected chi connectivity index (χ2v) is 4.57. The van der Waals surface area contributed by atoms with Gasteiger partial charge in [-0.15, -0.1) is 0 Å². The second kappa shape index (κ2) is 3.97. The Morgan fingerprint density at radius 3 is 2.00 bits per heavy atom. The van der Waals surface area contributed by atoms with E-state index in [9.17, 15) is 0 Å². The molecule has 2 heterocycles. The summed E-state index contributed by atoms with van der Waals surface area (Å²) in [6, 6.07) is 0. The van der Waals surface area contributed by atoms with E-state index < -0.39 is 0 Å². The summed E-state index contributed by atoms with van der Waals surface area (Å²) in [6.45, 7) is 1.60. The average molecular weight is 220 g/mol. The molecule has 0 amide bonds. The van der Waals surface area contributed by atoms with Gasteiger partial charge in [0.2, 0.25) is 5.95 Å². The summed E-state index contributed by atoms with van der Waals surface area (Å²) in [7, 11) is 0. The minimum Gasteiger partial charge on any atom is -0.381 e. The van der Waals surface area contributed by atoms with Gasteiger partial charge in [-0.3, -0.25) is 0 Å². The number of aromatic nitrogens is 3. The molecule has 0 atom stereocenters. The van der Waals surface area contributed by atoms with E-state index in [0.717, 1.165) is 37.7 Å². The van der Waals surface area contributed by atoms with Crippen molar-refractivity contribution >= 4 is 5.95 Å². The zero-order valence-corrected chi connectivity index (χ0v) is 9.22. The highest BCUT2D eigenvalue weighted by Crippen LogP contribution is 2.38. The molecule has 1 saturated heterocycles. The van der Waals surface area contributed by atoms with E-state index in [1.807, 2.05) is 0 Å². The van der Waals surface area contributed by atoms with Crippen LogP contribution < -0.4 is 5.73 Å². The number of ether oxygens (including phenoxy) is 1. The Labute approximate surface area is 94.5 Å². The van der Waals surface area contributed by atoms with Crippen LogP contribution in [-0.4, -0.2) is 28.2 Å². The Bertz CT molecular complexity index is 386. The second-order valence-electron chi connectivity index (χ2n) is 4.57.